The minimum atomic E-state index is -1.11. The number of piperidine rings is 1. The van der Waals surface area contributed by atoms with Crippen LogP contribution in [0.1, 0.15) is 111 Å². The Morgan fingerprint density at radius 3 is 1.62 bits per heavy atom. The Bertz CT molecular complexity index is 3260. The summed E-state index contributed by atoms with van der Waals surface area (Å²) in [6, 6.07) is 12.0. The zero-order valence-electron chi connectivity index (χ0n) is 50.0. The van der Waals surface area contributed by atoms with Gasteiger partial charge in [0.25, 0.3) is 0 Å². The van der Waals surface area contributed by atoms with Crippen LogP contribution >= 0.6 is 0 Å². The van der Waals surface area contributed by atoms with Gasteiger partial charge in [0.2, 0.25) is 0 Å². The summed E-state index contributed by atoms with van der Waals surface area (Å²) in [6.45, 7) is 24.1. The van der Waals surface area contributed by atoms with Crippen molar-refractivity contribution < 1.29 is 23.8 Å². The first kappa shape index (κ1) is 59.1. The molecule has 9 heterocycles. The molecule has 3 aliphatic heterocycles. The zero-order valence-corrected chi connectivity index (χ0v) is 52.0. The molecule has 0 N–H and O–H groups in total. The number of nitrogens with zero attached hydrogens (tertiary/aromatic N) is 14. The topological polar surface area (TPSA) is 213 Å². The SMILES string of the molecule is CC(C)(C)OC(=O)N1C2CCC1CC(=O)C2.C[Si](C)(C)CCOCn1ccc2c(-c3cnn(C4(CC#N)CCC4)c3)ncnc21.C[Si](C)(C)CCOCn1ccc2c(-c3cnn(C4(CC#N)CN(C5CC6CCC(C6)C5)C4)c3)ncnc21. The summed E-state index contributed by atoms with van der Waals surface area (Å²) in [5, 5.41) is 30.2. The van der Waals surface area contributed by atoms with Crippen LogP contribution in [-0.2, 0) is 43.5 Å². The van der Waals surface area contributed by atoms with Crippen molar-refractivity contribution in [1.82, 2.24) is 58.4 Å². The molecule has 3 saturated heterocycles. The Morgan fingerprint density at radius 1 is 0.683 bits per heavy atom. The van der Waals surface area contributed by atoms with Gasteiger partial charge in [-0.2, -0.15) is 20.7 Å². The van der Waals surface area contributed by atoms with Gasteiger partial charge in [-0.3, -0.25) is 19.1 Å². The van der Waals surface area contributed by atoms with Crippen molar-refractivity contribution in [3.05, 3.63) is 62.0 Å². The van der Waals surface area contributed by atoms with E-state index in [4.69, 9.17) is 19.3 Å². The first-order valence-corrected chi connectivity index (χ1v) is 37.4. The molecule has 82 heavy (non-hydrogen) atoms. The Balaban J connectivity index is 0.000000148. The third-order valence-corrected chi connectivity index (χ3v) is 21.3. The predicted octanol–water partition coefficient (Wildman–Crippen LogP) is 11.6. The Kier molecular flexibility index (Phi) is 17.5. The van der Waals surface area contributed by atoms with E-state index in [0.29, 0.717) is 45.2 Å². The van der Waals surface area contributed by atoms with E-state index >= 15 is 0 Å². The smallest absolute Gasteiger partial charge is 0.410 e. The van der Waals surface area contributed by atoms with Crippen LogP contribution in [0.5, 0.6) is 0 Å². The molecule has 3 aliphatic carbocycles. The van der Waals surface area contributed by atoms with Crippen molar-refractivity contribution in [3.63, 3.8) is 0 Å². The largest absolute Gasteiger partial charge is 0.444 e. The molecular formula is C61H86N14O5Si2. The van der Waals surface area contributed by atoms with E-state index in [1.54, 1.807) is 17.6 Å². The van der Waals surface area contributed by atoms with Gasteiger partial charge in [0.05, 0.1) is 54.3 Å². The summed E-state index contributed by atoms with van der Waals surface area (Å²) in [5.41, 5.74) is 4.57. The Hall–Kier alpha value is -6.11. The minimum Gasteiger partial charge on any atom is -0.444 e. The standard InChI is InChI=1S/C28H39N7OSi.C21H28N6OSi.C12H19NO3/c1-37(2,3)11-10-36-20-33-9-6-25-26(30-19-31-27(25)33)23-15-32-35(16-23)28(7-8-29)17-34(18-28)24-13-21-4-5-22(12-21)14-24;1-29(2,3)12-11-28-16-26-10-5-18-19(23-15-24-20(18)26)17-13-25-27(14-17)21(8-9-22)6-4-7-21;1-12(2,3)16-11(15)13-8-4-5-9(13)7-10(14)6-8/h6,9,15-16,19,21-22,24H,4-5,7,10-14,17-18,20H2,1-3H3;5,10,13-15H,4,6-8,11-12,16H2,1-3H3;8-9H,4-7H2,1-3H3. The molecular weight excluding hydrogens is 1060 g/mol. The van der Waals surface area contributed by atoms with Crippen molar-refractivity contribution in [1.29, 1.82) is 10.5 Å². The van der Waals surface area contributed by atoms with Gasteiger partial charge in [0.1, 0.15) is 54.3 Å². The first-order chi connectivity index (χ1) is 39.1. The van der Waals surface area contributed by atoms with E-state index in [1.807, 2.05) is 76.3 Å². The van der Waals surface area contributed by atoms with Crippen molar-refractivity contribution in [2.45, 2.75) is 210 Å². The van der Waals surface area contributed by atoms with E-state index in [0.717, 1.165) is 127 Å². The Morgan fingerprint density at radius 2 is 1.17 bits per heavy atom. The number of aromatic nitrogens is 10. The van der Waals surface area contributed by atoms with E-state index in [9.17, 15) is 20.1 Å². The van der Waals surface area contributed by atoms with Gasteiger partial charge < -0.3 is 28.2 Å². The second-order valence-corrected chi connectivity index (χ2v) is 39.0. The second kappa shape index (κ2) is 24.2. The lowest BCUT2D eigenvalue weighted by atomic mass is 9.75. The van der Waals surface area contributed by atoms with Crippen molar-refractivity contribution in [2.24, 2.45) is 11.8 Å². The summed E-state index contributed by atoms with van der Waals surface area (Å²) in [6.07, 6.45) is 28.8. The van der Waals surface area contributed by atoms with Crippen LogP contribution in [0.4, 0.5) is 4.79 Å². The maximum Gasteiger partial charge on any atom is 0.410 e. The molecule has 6 aromatic heterocycles. The van der Waals surface area contributed by atoms with Crippen molar-refractivity contribution >= 4 is 50.1 Å². The highest BCUT2D eigenvalue weighted by Gasteiger charge is 2.50. The summed E-state index contributed by atoms with van der Waals surface area (Å²) in [4.78, 5) is 46.0. The summed E-state index contributed by atoms with van der Waals surface area (Å²) >= 11 is 0. The second-order valence-electron chi connectivity index (χ2n) is 27.8. The lowest BCUT2D eigenvalue weighted by Gasteiger charge is -2.53. The van der Waals surface area contributed by atoms with Gasteiger partial charge in [-0.15, -0.1) is 0 Å². The van der Waals surface area contributed by atoms with E-state index < -0.39 is 21.7 Å². The molecule has 0 spiro atoms. The number of Topliss-reactive ketones (excluding diaryl/α,β-unsaturated/α-hetero) is 1. The lowest BCUT2D eigenvalue weighted by Crippen LogP contribution is -2.65. The van der Waals surface area contributed by atoms with E-state index in [-0.39, 0.29) is 35.0 Å². The number of nitriles is 2. The molecule has 0 aromatic carbocycles. The van der Waals surface area contributed by atoms with Gasteiger partial charge in [-0.1, -0.05) is 52.1 Å². The number of carbonyl (C=O) groups is 2. The number of carbonyl (C=O) groups excluding carboxylic acids is 2. The molecule has 6 aromatic rings. The summed E-state index contributed by atoms with van der Waals surface area (Å²) < 4.78 is 25.3. The van der Waals surface area contributed by atoms with Crippen molar-refractivity contribution in [2.75, 3.05) is 26.3 Å². The van der Waals surface area contributed by atoms with Crippen LogP contribution in [0.3, 0.4) is 0 Å². The molecule has 1 amide bonds. The predicted molar refractivity (Wildman–Crippen MR) is 321 cm³/mol. The number of likely N-dealkylation sites (tertiary alicyclic amines) is 1. The van der Waals surface area contributed by atoms with Crippen LogP contribution in [0, 0.1) is 34.5 Å². The quantitative estimate of drug-likeness (QED) is 0.0614. The number of hydrogen-bond acceptors (Lipinski definition) is 14. The highest BCUT2D eigenvalue weighted by molar-refractivity contribution is 6.76. The average molecular weight is 1150 g/mol. The van der Waals surface area contributed by atoms with Crippen LogP contribution in [0.2, 0.25) is 51.4 Å². The fourth-order valence-electron chi connectivity index (χ4n) is 13.2. The number of ether oxygens (including phenoxy) is 3. The molecule has 19 nitrogen and oxygen atoms in total. The molecule has 438 valence electrons. The minimum absolute atomic E-state index is 0.0844. The lowest BCUT2D eigenvalue weighted by molar-refractivity contribution is -0.123. The normalized spacial score (nSPS) is 22.8. The van der Waals surface area contributed by atoms with E-state index in [1.165, 1.54) is 32.1 Å². The highest BCUT2D eigenvalue weighted by Crippen LogP contribution is 2.47. The number of amides is 1. The van der Waals surface area contributed by atoms with Gasteiger partial charge in [0.15, 0.2) is 0 Å². The molecule has 4 atom stereocenters. The molecule has 12 rings (SSSR count). The number of hydrogen-bond donors (Lipinski definition) is 0. The molecule has 0 radical (unpaired) electrons. The number of rotatable bonds is 17. The first-order valence-electron chi connectivity index (χ1n) is 30.0. The monoisotopic (exact) mass is 1150 g/mol. The third kappa shape index (κ3) is 13.4. The molecule has 3 saturated carbocycles. The summed E-state index contributed by atoms with van der Waals surface area (Å²) in [7, 11) is -2.21. The fraction of sp³-hybridized carbons (Fsp3) is 0.639. The Labute approximate surface area is 485 Å². The van der Waals surface area contributed by atoms with Crippen LogP contribution < -0.4 is 0 Å². The molecule has 6 aliphatic rings. The molecule has 4 unspecified atom stereocenters. The van der Waals surface area contributed by atoms with Crippen molar-refractivity contribution in [3.8, 4) is 34.7 Å². The number of ketones is 1. The van der Waals surface area contributed by atoms with Gasteiger partial charge in [0, 0.05) is 120 Å². The van der Waals surface area contributed by atoms with Gasteiger partial charge >= 0.3 is 6.09 Å². The maximum absolute atomic E-state index is 12.0. The molecule has 4 bridgehead atoms. The van der Waals surface area contributed by atoms with Crippen LogP contribution in [0.15, 0.2) is 62.0 Å². The number of fused-ring (bicyclic) bond motifs is 6. The van der Waals surface area contributed by atoms with Crippen LogP contribution in [-0.4, -0.2) is 136 Å². The zero-order chi connectivity index (χ0) is 58.0. The summed E-state index contributed by atoms with van der Waals surface area (Å²) in [5.74, 6) is 2.13. The third-order valence-electron chi connectivity index (χ3n) is 17.9. The van der Waals surface area contributed by atoms with E-state index in [2.05, 4.69) is 93.6 Å². The highest BCUT2D eigenvalue weighted by atomic mass is 28.3. The van der Waals surface area contributed by atoms with Crippen LogP contribution in [0.25, 0.3) is 44.6 Å². The fourth-order valence-corrected chi connectivity index (χ4v) is 14.7. The van der Waals surface area contributed by atoms with Gasteiger partial charge in [-0.25, -0.2) is 24.7 Å². The van der Waals surface area contributed by atoms with Gasteiger partial charge in [-0.05, 0) is 108 Å². The molecule has 6 fully saturated rings. The average Bonchev–Trinajstić information content (AvgIpc) is 2.31. The molecule has 21 heteroatoms. The maximum atomic E-state index is 12.0.